The molecule has 4 rings (SSSR count). The second kappa shape index (κ2) is 7.25. The Bertz CT molecular complexity index is 1010. The predicted molar refractivity (Wildman–Crippen MR) is 108 cm³/mol. The van der Waals surface area contributed by atoms with Gasteiger partial charge in [-0.05, 0) is 28.8 Å². The van der Waals surface area contributed by atoms with Gasteiger partial charge in [-0.25, -0.2) is 0 Å². The van der Waals surface area contributed by atoms with E-state index in [2.05, 4.69) is 5.32 Å². The molecule has 1 amide bonds. The third kappa shape index (κ3) is 3.44. The molecule has 2 heterocycles. The molecule has 0 saturated carbocycles. The first-order chi connectivity index (χ1) is 13.1. The smallest absolute Gasteiger partial charge is 0.255 e. The zero-order valence-electron chi connectivity index (χ0n) is 14.6. The molecule has 1 aromatic heterocycles. The molecule has 1 aliphatic rings. The normalized spacial score (nSPS) is 12.3. The minimum Gasteiger partial charge on any atom is -0.492 e. The van der Waals surface area contributed by atoms with E-state index < -0.39 is 0 Å². The maximum Gasteiger partial charge on any atom is 0.255 e. The Morgan fingerprint density at radius 1 is 1.19 bits per heavy atom. The van der Waals surface area contributed by atoms with Crippen LogP contribution in [0.5, 0.6) is 5.75 Å². The van der Waals surface area contributed by atoms with Crippen molar-refractivity contribution in [2.45, 2.75) is 13.0 Å². The number of carbonyl (C=O) groups excluding carboxylic acids is 1. The van der Waals surface area contributed by atoms with Crippen LogP contribution in [-0.4, -0.2) is 18.3 Å². The monoisotopic (exact) mass is 377 g/mol. The lowest BCUT2D eigenvalue weighted by Crippen LogP contribution is -2.23. The Balaban J connectivity index is 1.59. The van der Waals surface area contributed by atoms with Crippen LogP contribution >= 0.6 is 11.3 Å². The first kappa shape index (κ1) is 17.3. The molecule has 0 fully saturated rings. The first-order valence-electron chi connectivity index (χ1n) is 8.69. The summed E-state index contributed by atoms with van der Waals surface area (Å²) in [6.07, 6.45) is 0.835. The van der Waals surface area contributed by atoms with Gasteiger partial charge < -0.3 is 15.8 Å². The first-order valence-corrected chi connectivity index (χ1v) is 9.50. The molecule has 2 aromatic carbocycles. The largest absolute Gasteiger partial charge is 0.492 e. The number of nitrogen functional groups attached to an aromatic ring is 1. The van der Waals surface area contributed by atoms with Crippen molar-refractivity contribution in [1.29, 1.82) is 5.41 Å². The number of amides is 1. The van der Waals surface area contributed by atoms with E-state index in [1.165, 1.54) is 11.3 Å². The van der Waals surface area contributed by atoms with Gasteiger partial charge in [0.1, 0.15) is 11.6 Å². The predicted octanol–water partition coefficient (Wildman–Crippen LogP) is 3.56. The Hall–Kier alpha value is -3.12. The van der Waals surface area contributed by atoms with Gasteiger partial charge in [-0.3, -0.25) is 10.2 Å². The molecule has 6 heteroatoms. The second-order valence-electron chi connectivity index (χ2n) is 6.30. The molecule has 0 saturated heterocycles. The number of carbonyl (C=O) groups is 1. The highest BCUT2D eigenvalue weighted by molar-refractivity contribution is 7.14. The van der Waals surface area contributed by atoms with E-state index in [1.807, 2.05) is 48.5 Å². The number of nitrogens with two attached hydrogens (primary N) is 1. The van der Waals surface area contributed by atoms with Crippen LogP contribution in [-0.2, 0) is 13.0 Å². The van der Waals surface area contributed by atoms with Gasteiger partial charge >= 0.3 is 0 Å². The molecule has 5 nitrogen and oxygen atoms in total. The van der Waals surface area contributed by atoms with Crippen molar-refractivity contribution in [1.82, 2.24) is 5.32 Å². The van der Waals surface area contributed by atoms with Gasteiger partial charge in [-0.2, -0.15) is 0 Å². The van der Waals surface area contributed by atoms with Crippen molar-refractivity contribution in [2.24, 2.45) is 5.73 Å². The van der Waals surface area contributed by atoms with E-state index in [1.54, 1.807) is 6.07 Å². The molecule has 27 heavy (non-hydrogen) atoms. The molecule has 4 N–H and O–H groups in total. The van der Waals surface area contributed by atoms with Crippen molar-refractivity contribution in [3.05, 3.63) is 75.5 Å². The van der Waals surface area contributed by atoms with Crippen molar-refractivity contribution >= 4 is 23.1 Å². The van der Waals surface area contributed by atoms with Crippen molar-refractivity contribution in [2.75, 3.05) is 6.61 Å². The van der Waals surface area contributed by atoms with Crippen LogP contribution in [0.15, 0.2) is 54.6 Å². The molecule has 0 spiro atoms. The summed E-state index contributed by atoms with van der Waals surface area (Å²) in [5.74, 6) is 0.559. The van der Waals surface area contributed by atoms with E-state index in [9.17, 15) is 4.79 Å². The summed E-state index contributed by atoms with van der Waals surface area (Å²) in [6.45, 7) is 0.982. The van der Waals surface area contributed by atoms with Crippen LogP contribution < -0.4 is 15.8 Å². The van der Waals surface area contributed by atoms with E-state index in [0.29, 0.717) is 29.3 Å². The van der Waals surface area contributed by atoms with Gasteiger partial charge in [0.05, 0.1) is 23.6 Å². The average molecular weight is 377 g/mol. The minimum atomic E-state index is -0.162. The van der Waals surface area contributed by atoms with Crippen LogP contribution in [0.3, 0.4) is 0 Å². The molecule has 0 atom stereocenters. The number of para-hydroxylation sites is 1. The zero-order chi connectivity index (χ0) is 18.8. The SMILES string of the molecule is N=C(N)c1cc(-c2ccccc2)c(CNC(=O)c2cccc3c2OCC3)s1. The van der Waals surface area contributed by atoms with Gasteiger partial charge in [0.2, 0.25) is 0 Å². The molecule has 0 unspecified atom stereocenters. The molecule has 0 bridgehead atoms. The molecule has 0 aliphatic carbocycles. The summed E-state index contributed by atoms with van der Waals surface area (Å²) in [5, 5.41) is 10.7. The molecular formula is C21H19N3O2S. The molecular weight excluding hydrogens is 358 g/mol. The fraction of sp³-hybridized carbons (Fsp3) is 0.143. The van der Waals surface area contributed by atoms with Crippen molar-refractivity contribution in [3.8, 4) is 16.9 Å². The Kier molecular flexibility index (Phi) is 4.64. The number of thiophene rings is 1. The summed E-state index contributed by atoms with van der Waals surface area (Å²) in [6, 6.07) is 17.5. The summed E-state index contributed by atoms with van der Waals surface area (Å²) in [7, 11) is 0. The highest BCUT2D eigenvalue weighted by Crippen LogP contribution is 2.32. The van der Waals surface area contributed by atoms with Gasteiger partial charge in [-0.15, -0.1) is 11.3 Å². The average Bonchev–Trinajstić information content (AvgIpc) is 3.33. The number of fused-ring (bicyclic) bond motifs is 1. The quantitative estimate of drug-likeness (QED) is 0.469. The van der Waals surface area contributed by atoms with Crippen molar-refractivity contribution in [3.63, 3.8) is 0 Å². The highest BCUT2D eigenvalue weighted by Gasteiger charge is 2.21. The lowest BCUT2D eigenvalue weighted by Gasteiger charge is -2.09. The summed E-state index contributed by atoms with van der Waals surface area (Å²) in [5.41, 5.74) is 9.33. The van der Waals surface area contributed by atoms with Gasteiger partial charge in [-0.1, -0.05) is 42.5 Å². The topological polar surface area (TPSA) is 88.2 Å². The number of hydrogen-bond acceptors (Lipinski definition) is 4. The number of ether oxygens (including phenoxy) is 1. The van der Waals surface area contributed by atoms with Gasteiger partial charge in [0.25, 0.3) is 5.91 Å². The van der Waals surface area contributed by atoms with Gasteiger partial charge in [0, 0.05) is 11.3 Å². The van der Waals surface area contributed by atoms with E-state index in [0.717, 1.165) is 28.0 Å². The fourth-order valence-electron chi connectivity index (χ4n) is 3.20. The summed E-state index contributed by atoms with van der Waals surface area (Å²) >= 11 is 1.43. The number of hydrogen-bond donors (Lipinski definition) is 3. The maximum atomic E-state index is 12.7. The molecule has 1 aliphatic heterocycles. The highest BCUT2D eigenvalue weighted by atomic mass is 32.1. The van der Waals surface area contributed by atoms with E-state index >= 15 is 0 Å². The van der Waals surface area contributed by atoms with Crippen LogP contribution in [0, 0.1) is 5.41 Å². The lowest BCUT2D eigenvalue weighted by molar-refractivity contribution is 0.0948. The van der Waals surface area contributed by atoms with E-state index in [-0.39, 0.29) is 11.7 Å². The number of benzene rings is 2. The minimum absolute atomic E-state index is 0.0315. The van der Waals surface area contributed by atoms with Crippen LogP contribution in [0.4, 0.5) is 0 Å². The second-order valence-corrected chi connectivity index (χ2v) is 7.44. The van der Waals surface area contributed by atoms with Crippen molar-refractivity contribution < 1.29 is 9.53 Å². The maximum absolute atomic E-state index is 12.7. The fourth-order valence-corrected chi connectivity index (χ4v) is 4.19. The Morgan fingerprint density at radius 3 is 2.78 bits per heavy atom. The summed E-state index contributed by atoms with van der Waals surface area (Å²) in [4.78, 5) is 14.4. The standard InChI is InChI=1S/C21H19N3O2S/c22-20(23)17-11-16(13-5-2-1-3-6-13)18(27-17)12-24-21(25)15-8-4-7-14-9-10-26-19(14)15/h1-8,11H,9-10,12H2,(H3,22,23)(H,24,25). The zero-order valence-corrected chi connectivity index (χ0v) is 15.4. The number of nitrogens with one attached hydrogen (secondary N) is 2. The van der Waals surface area contributed by atoms with Gasteiger partial charge in [0.15, 0.2) is 0 Å². The van der Waals surface area contributed by atoms with Crippen LogP contribution in [0.25, 0.3) is 11.1 Å². The van der Waals surface area contributed by atoms with Crippen LogP contribution in [0.1, 0.15) is 25.7 Å². The number of amidine groups is 1. The molecule has 0 radical (unpaired) electrons. The third-order valence-corrected chi connectivity index (χ3v) is 5.70. The van der Waals surface area contributed by atoms with Crippen LogP contribution in [0.2, 0.25) is 0 Å². The Morgan fingerprint density at radius 2 is 2.00 bits per heavy atom. The Labute approximate surface area is 161 Å². The lowest BCUT2D eigenvalue weighted by atomic mass is 10.1. The summed E-state index contributed by atoms with van der Waals surface area (Å²) < 4.78 is 5.63. The van der Waals surface area contributed by atoms with E-state index in [4.69, 9.17) is 15.9 Å². The third-order valence-electron chi connectivity index (χ3n) is 4.53. The number of rotatable bonds is 5. The molecule has 3 aromatic rings. The molecule has 136 valence electrons.